The molecule has 3 aromatic rings. The van der Waals surface area contributed by atoms with Gasteiger partial charge in [0.1, 0.15) is 5.75 Å². The maximum atomic E-state index is 12.9. The van der Waals surface area contributed by atoms with Gasteiger partial charge in [0, 0.05) is 28.4 Å². The van der Waals surface area contributed by atoms with Gasteiger partial charge in [-0.05, 0) is 43.8 Å². The second-order valence-corrected chi connectivity index (χ2v) is 7.38. The van der Waals surface area contributed by atoms with Crippen LogP contribution in [0.15, 0.2) is 72.8 Å². The molecule has 0 aliphatic rings. The molecule has 0 aliphatic carbocycles. The van der Waals surface area contributed by atoms with Crippen molar-refractivity contribution in [2.45, 2.75) is 19.5 Å². The molecule has 0 radical (unpaired) electrons. The highest BCUT2D eigenvalue weighted by Gasteiger charge is 2.20. The van der Waals surface area contributed by atoms with Crippen LogP contribution >= 0.6 is 11.6 Å². The summed E-state index contributed by atoms with van der Waals surface area (Å²) in [6.07, 6.45) is 0. The number of carbonyl (C=O) groups is 1. The highest BCUT2D eigenvalue weighted by atomic mass is 35.5. The molecule has 3 rings (SSSR count). The van der Waals surface area contributed by atoms with E-state index >= 15 is 0 Å². The van der Waals surface area contributed by atoms with E-state index in [0.29, 0.717) is 11.6 Å². The summed E-state index contributed by atoms with van der Waals surface area (Å²) < 4.78 is 5.42. The first kappa shape index (κ1) is 20.9. The van der Waals surface area contributed by atoms with E-state index in [1.54, 1.807) is 13.2 Å². The molecule has 4 nitrogen and oxygen atoms in total. The van der Waals surface area contributed by atoms with Crippen molar-refractivity contribution in [1.29, 1.82) is 0 Å². The van der Waals surface area contributed by atoms with Crippen molar-refractivity contribution >= 4 is 23.2 Å². The van der Waals surface area contributed by atoms with Gasteiger partial charge in [-0.2, -0.15) is 0 Å². The fraction of sp³-hybridized carbons (Fsp3) is 0.208. The number of hydrogen-bond donors (Lipinski definition) is 1. The lowest BCUT2D eigenvalue weighted by Gasteiger charge is -2.25. The molecule has 0 spiro atoms. The van der Waals surface area contributed by atoms with Crippen molar-refractivity contribution in [2.24, 2.45) is 0 Å². The number of likely N-dealkylation sites (N-methyl/N-ethyl adjacent to an activating group) is 1. The molecule has 0 bridgehead atoms. The van der Waals surface area contributed by atoms with E-state index in [0.717, 1.165) is 28.1 Å². The van der Waals surface area contributed by atoms with Crippen molar-refractivity contribution in [3.05, 3.63) is 83.4 Å². The minimum atomic E-state index is -0.345. The van der Waals surface area contributed by atoms with E-state index in [2.05, 4.69) is 5.32 Å². The quantitative estimate of drug-likeness (QED) is 0.563. The van der Waals surface area contributed by atoms with Crippen LogP contribution in [-0.4, -0.2) is 31.0 Å². The summed E-state index contributed by atoms with van der Waals surface area (Å²) in [5, 5.41) is 3.72. The number of anilines is 1. The van der Waals surface area contributed by atoms with Gasteiger partial charge >= 0.3 is 0 Å². The first-order valence-electron chi connectivity index (χ1n) is 9.47. The number of methoxy groups -OCH3 is 1. The Balaban J connectivity index is 1.74. The van der Waals surface area contributed by atoms with Crippen LogP contribution in [0.5, 0.6) is 5.75 Å². The highest BCUT2D eigenvalue weighted by molar-refractivity contribution is 6.30. The standard InChI is InChI=1S/C24H25ClN2O2/c1-17(27(2)16-19-15-20(25)13-14-23(19)29-3)24(28)26-22-12-8-7-11-21(22)18-9-5-4-6-10-18/h4-15,17H,16H2,1-3H3,(H,26,28)/t17-/m1/s1. The van der Waals surface area contributed by atoms with E-state index in [4.69, 9.17) is 16.3 Å². The Morgan fingerprint density at radius 2 is 1.76 bits per heavy atom. The predicted molar refractivity (Wildman–Crippen MR) is 119 cm³/mol. The van der Waals surface area contributed by atoms with E-state index in [9.17, 15) is 4.79 Å². The molecule has 0 heterocycles. The molecule has 0 unspecified atom stereocenters. The van der Waals surface area contributed by atoms with Gasteiger partial charge in [0.2, 0.25) is 5.91 Å². The molecule has 0 aromatic heterocycles. The Hall–Kier alpha value is -2.82. The van der Waals surface area contributed by atoms with Crippen molar-refractivity contribution in [3.63, 3.8) is 0 Å². The summed E-state index contributed by atoms with van der Waals surface area (Å²) in [5.74, 6) is 0.681. The number of hydrogen-bond acceptors (Lipinski definition) is 3. The third-order valence-corrected chi connectivity index (χ3v) is 5.21. The molecule has 0 aliphatic heterocycles. The van der Waals surface area contributed by atoms with Crippen LogP contribution in [0.2, 0.25) is 5.02 Å². The average molecular weight is 409 g/mol. The lowest BCUT2D eigenvalue weighted by Crippen LogP contribution is -2.39. The van der Waals surface area contributed by atoms with Crippen molar-refractivity contribution in [2.75, 3.05) is 19.5 Å². The molecule has 0 saturated heterocycles. The Labute approximate surface area is 177 Å². The normalized spacial score (nSPS) is 11.9. The highest BCUT2D eigenvalue weighted by Crippen LogP contribution is 2.28. The van der Waals surface area contributed by atoms with Crippen LogP contribution in [-0.2, 0) is 11.3 Å². The van der Waals surface area contributed by atoms with E-state index < -0.39 is 0 Å². The van der Waals surface area contributed by atoms with Crippen molar-refractivity contribution < 1.29 is 9.53 Å². The van der Waals surface area contributed by atoms with Crippen molar-refractivity contribution in [1.82, 2.24) is 4.90 Å². The third kappa shape index (κ3) is 5.17. The number of nitrogens with one attached hydrogen (secondary N) is 1. The Morgan fingerprint density at radius 1 is 1.07 bits per heavy atom. The Morgan fingerprint density at radius 3 is 2.48 bits per heavy atom. The fourth-order valence-electron chi connectivity index (χ4n) is 3.18. The summed E-state index contributed by atoms with van der Waals surface area (Å²) in [7, 11) is 3.54. The fourth-order valence-corrected chi connectivity index (χ4v) is 3.37. The topological polar surface area (TPSA) is 41.6 Å². The molecule has 1 N–H and O–H groups in total. The van der Waals surface area contributed by atoms with E-state index in [-0.39, 0.29) is 11.9 Å². The van der Waals surface area contributed by atoms with E-state index in [1.165, 1.54) is 0 Å². The zero-order valence-corrected chi connectivity index (χ0v) is 17.6. The van der Waals surface area contributed by atoms with Gasteiger partial charge in [0.25, 0.3) is 0 Å². The summed E-state index contributed by atoms with van der Waals surface area (Å²) >= 11 is 6.13. The lowest BCUT2D eigenvalue weighted by atomic mass is 10.0. The third-order valence-electron chi connectivity index (χ3n) is 4.97. The maximum Gasteiger partial charge on any atom is 0.241 e. The van der Waals surface area contributed by atoms with Gasteiger partial charge in [0.05, 0.1) is 13.2 Å². The zero-order valence-electron chi connectivity index (χ0n) is 16.9. The van der Waals surface area contributed by atoms with Crippen LogP contribution < -0.4 is 10.1 Å². The maximum absolute atomic E-state index is 12.9. The number of para-hydroxylation sites is 1. The molecule has 150 valence electrons. The van der Waals surface area contributed by atoms with Gasteiger partial charge in [-0.3, -0.25) is 9.69 Å². The molecular weight excluding hydrogens is 384 g/mol. The first-order valence-corrected chi connectivity index (χ1v) is 9.85. The second-order valence-electron chi connectivity index (χ2n) is 6.95. The van der Waals surface area contributed by atoms with Gasteiger partial charge in [-0.1, -0.05) is 60.1 Å². The minimum Gasteiger partial charge on any atom is -0.496 e. The number of amides is 1. The van der Waals surface area contributed by atoms with Crippen LogP contribution in [0.25, 0.3) is 11.1 Å². The number of benzene rings is 3. The minimum absolute atomic E-state index is 0.0723. The largest absolute Gasteiger partial charge is 0.496 e. The number of ether oxygens (including phenoxy) is 1. The summed E-state index contributed by atoms with van der Waals surface area (Å²) in [4.78, 5) is 14.9. The second kappa shape index (κ2) is 9.59. The molecule has 0 fully saturated rings. The molecular formula is C24H25ClN2O2. The summed E-state index contributed by atoms with van der Waals surface area (Å²) in [5.41, 5.74) is 3.79. The van der Waals surface area contributed by atoms with Crippen LogP contribution in [0.1, 0.15) is 12.5 Å². The lowest BCUT2D eigenvalue weighted by molar-refractivity contribution is -0.120. The summed E-state index contributed by atoms with van der Waals surface area (Å²) in [6.45, 7) is 2.43. The van der Waals surface area contributed by atoms with Gasteiger partial charge in [-0.15, -0.1) is 0 Å². The first-order chi connectivity index (χ1) is 14.0. The molecule has 29 heavy (non-hydrogen) atoms. The predicted octanol–water partition coefficient (Wildman–Crippen LogP) is 5.47. The van der Waals surface area contributed by atoms with Crippen LogP contribution in [0.3, 0.4) is 0 Å². The number of nitrogens with zero attached hydrogens (tertiary/aromatic N) is 1. The van der Waals surface area contributed by atoms with Gasteiger partial charge in [-0.25, -0.2) is 0 Å². The SMILES string of the molecule is COc1ccc(Cl)cc1CN(C)[C@H](C)C(=O)Nc1ccccc1-c1ccccc1. The average Bonchev–Trinajstić information content (AvgIpc) is 2.74. The van der Waals surface area contributed by atoms with Crippen molar-refractivity contribution in [3.8, 4) is 16.9 Å². The number of rotatable bonds is 7. The number of halogens is 1. The van der Waals surface area contributed by atoms with Gasteiger partial charge < -0.3 is 10.1 Å². The summed E-state index contributed by atoms with van der Waals surface area (Å²) in [6, 6.07) is 23.0. The van der Waals surface area contributed by atoms with E-state index in [1.807, 2.05) is 85.6 Å². The molecule has 3 aromatic carbocycles. The smallest absolute Gasteiger partial charge is 0.241 e. The molecule has 0 saturated carbocycles. The molecule has 5 heteroatoms. The zero-order chi connectivity index (χ0) is 20.8. The van der Waals surface area contributed by atoms with Crippen LogP contribution in [0.4, 0.5) is 5.69 Å². The van der Waals surface area contributed by atoms with Crippen LogP contribution in [0, 0.1) is 0 Å². The molecule has 1 atom stereocenters. The molecule has 1 amide bonds. The number of carbonyl (C=O) groups excluding carboxylic acids is 1. The monoisotopic (exact) mass is 408 g/mol. The Kier molecular flexibility index (Phi) is 6.91. The van der Waals surface area contributed by atoms with Gasteiger partial charge in [0.15, 0.2) is 0 Å². The Bertz CT molecular complexity index is 976.